The van der Waals surface area contributed by atoms with E-state index in [-0.39, 0.29) is 0 Å². The summed E-state index contributed by atoms with van der Waals surface area (Å²) in [5.74, 6) is 0.487. The van der Waals surface area contributed by atoms with Gasteiger partial charge < -0.3 is 5.21 Å². The summed E-state index contributed by atoms with van der Waals surface area (Å²) in [6.45, 7) is 4.46. The van der Waals surface area contributed by atoms with E-state index in [1.807, 2.05) is 18.3 Å². The summed E-state index contributed by atoms with van der Waals surface area (Å²) in [6.07, 6.45) is 13.3. The molecule has 112 valence electrons. The number of hydrogen-bond donors (Lipinski definition) is 1. The van der Waals surface area contributed by atoms with Crippen molar-refractivity contribution in [1.82, 2.24) is 4.98 Å². The Kier molecular flexibility index (Phi) is 8.68. The van der Waals surface area contributed by atoms with Gasteiger partial charge >= 0.3 is 0 Å². The van der Waals surface area contributed by atoms with Gasteiger partial charge in [-0.05, 0) is 25.0 Å². The molecular formula is C17H28N2O. The molecule has 20 heavy (non-hydrogen) atoms. The van der Waals surface area contributed by atoms with Gasteiger partial charge in [-0.3, -0.25) is 4.98 Å². The first-order chi connectivity index (χ1) is 9.83. The van der Waals surface area contributed by atoms with Crippen molar-refractivity contribution in [2.24, 2.45) is 5.16 Å². The molecule has 0 fully saturated rings. The summed E-state index contributed by atoms with van der Waals surface area (Å²) in [6, 6.07) is 3.88. The van der Waals surface area contributed by atoms with Crippen molar-refractivity contribution in [3.63, 3.8) is 0 Å². The number of aromatic nitrogens is 1. The quantitative estimate of drug-likeness (QED) is 0.278. The van der Waals surface area contributed by atoms with Crippen molar-refractivity contribution in [3.8, 4) is 0 Å². The Morgan fingerprint density at radius 1 is 1.15 bits per heavy atom. The maximum atomic E-state index is 8.79. The Balaban J connectivity index is 2.75. The smallest absolute Gasteiger partial charge is 0.0752 e. The molecule has 1 rings (SSSR count). The Morgan fingerprint density at radius 2 is 1.90 bits per heavy atom. The molecule has 1 aromatic heterocycles. The fourth-order valence-electron chi connectivity index (χ4n) is 2.63. The third-order valence-corrected chi connectivity index (χ3v) is 3.77. The maximum absolute atomic E-state index is 8.79. The molecule has 3 nitrogen and oxygen atoms in total. The molecule has 0 aliphatic carbocycles. The molecule has 0 amide bonds. The molecule has 0 aliphatic rings. The fraction of sp³-hybridized carbons (Fsp3) is 0.647. The van der Waals surface area contributed by atoms with Crippen LogP contribution in [0.5, 0.6) is 0 Å². The van der Waals surface area contributed by atoms with Crippen molar-refractivity contribution in [2.45, 2.75) is 71.1 Å². The van der Waals surface area contributed by atoms with E-state index in [1.54, 1.807) is 0 Å². The van der Waals surface area contributed by atoms with Gasteiger partial charge in [-0.1, -0.05) is 57.5 Å². The van der Waals surface area contributed by atoms with Crippen LogP contribution in [0.15, 0.2) is 23.5 Å². The van der Waals surface area contributed by atoms with E-state index in [0.29, 0.717) is 5.92 Å². The van der Waals surface area contributed by atoms with E-state index >= 15 is 0 Å². The molecule has 0 spiro atoms. The first-order valence-electron chi connectivity index (χ1n) is 7.95. The highest BCUT2D eigenvalue weighted by atomic mass is 16.4. The fourth-order valence-corrected chi connectivity index (χ4v) is 2.63. The maximum Gasteiger partial charge on any atom is 0.0752 e. The van der Waals surface area contributed by atoms with Gasteiger partial charge in [0.25, 0.3) is 0 Å². The standard InChI is InChI=1S/C17H28N2O/c1-3-5-7-8-11-15(10-6-4-2)17-16(14-19-20)12-9-13-18-17/h9,12-15,20H,3-8,10-11H2,1-2H3/b19-14+. The molecule has 0 saturated carbocycles. The molecule has 0 aliphatic heterocycles. The number of nitrogens with zero attached hydrogens (tertiary/aromatic N) is 2. The van der Waals surface area contributed by atoms with E-state index in [0.717, 1.165) is 11.3 Å². The average molecular weight is 276 g/mol. The first kappa shape index (κ1) is 16.7. The molecule has 1 atom stereocenters. The van der Waals surface area contributed by atoms with Crippen LogP contribution in [0.25, 0.3) is 0 Å². The molecule has 3 heteroatoms. The normalized spacial score (nSPS) is 12.9. The molecule has 0 saturated heterocycles. The van der Waals surface area contributed by atoms with Crippen molar-refractivity contribution in [3.05, 3.63) is 29.6 Å². The SMILES string of the molecule is CCCCCCC(CCCC)c1ncccc1/C=N/O. The predicted octanol–water partition coefficient (Wildman–Crippen LogP) is 5.13. The van der Waals surface area contributed by atoms with Crippen LogP contribution in [0.3, 0.4) is 0 Å². The molecular weight excluding hydrogens is 248 g/mol. The highest BCUT2D eigenvalue weighted by Crippen LogP contribution is 2.28. The van der Waals surface area contributed by atoms with E-state index in [9.17, 15) is 0 Å². The lowest BCUT2D eigenvalue weighted by Crippen LogP contribution is -2.06. The van der Waals surface area contributed by atoms with Gasteiger partial charge in [0.05, 0.1) is 11.9 Å². The van der Waals surface area contributed by atoms with Gasteiger partial charge in [0.2, 0.25) is 0 Å². The van der Waals surface area contributed by atoms with Crippen LogP contribution in [0.1, 0.15) is 82.4 Å². The second-order valence-electron chi connectivity index (χ2n) is 5.41. The Labute approximate surface area is 123 Å². The van der Waals surface area contributed by atoms with Gasteiger partial charge in [-0.2, -0.15) is 0 Å². The van der Waals surface area contributed by atoms with Gasteiger partial charge in [0, 0.05) is 17.7 Å². The molecule has 1 N–H and O–H groups in total. The number of hydrogen-bond acceptors (Lipinski definition) is 3. The molecule has 1 aromatic rings. The van der Waals surface area contributed by atoms with Crippen molar-refractivity contribution in [2.75, 3.05) is 0 Å². The molecule has 0 radical (unpaired) electrons. The van der Waals surface area contributed by atoms with Crippen LogP contribution in [0.2, 0.25) is 0 Å². The predicted molar refractivity (Wildman–Crippen MR) is 84.6 cm³/mol. The zero-order valence-electron chi connectivity index (χ0n) is 12.9. The van der Waals surface area contributed by atoms with E-state index in [2.05, 4.69) is 24.0 Å². The zero-order chi connectivity index (χ0) is 14.6. The third kappa shape index (κ3) is 5.72. The summed E-state index contributed by atoms with van der Waals surface area (Å²) in [4.78, 5) is 4.55. The lowest BCUT2D eigenvalue weighted by Gasteiger charge is -2.18. The zero-order valence-corrected chi connectivity index (χ0v) is 12.9. The van der Waals surface area contributed by atoms with E-state index < -0.39 is 0 Å². The van der Waals surface area contributed by atoms with Crippen molar-refractivity contribution in [1.29, 1.82) is 0 Å². The van der Waals surface area contributed by atoms with Gasteiger partial charge in [-0.25, -0.2) is 0 Å². The summed E-state index contributed by atoms with van der Waals surface area (Å²) in [7, 11) is 0. The number of pyridine rings is 1. The minimum Gasteiger partial charge on any atom is -0.411 e. The van der Waals surface area contributed by atoms with Crippen LogP contribution >= 0.6 is 0 Å². The number of rotatable bonds is 10. The summed E-state index contributed by atoms with van der Waals surface area (Å²) < 4.78 is 0. The lowest BCUT2D eigenvalue weighted by atomic mass is 9.89. The molecule has 1 heterocycles. The second kappa shape index (κ2) is 10.4. The highest BCUT2D eigenvalue weighted by molar-refractivity contribution is 5.80. The number of oxime groups is 1. The summed E-state index contributed by atoms with van der Waals surface area (Å²) in [5.41, 5.74) is 2.04. The Hall–Kier alpha value is -1.38. The average Bonchev–Trinajstić information content (AvgIpc) is 2.48. The monoisotopic (exact) mass is 276 g/mol. The van der Waals surface area contributed by atoms with Crippen LogP contribution in [-0.2, 0) is 0 Å². The van der Waals surface area contributed by atoms with E-state index in [1.165, 1.54) is 57.6 Å². The Bertz CT molecular complexity index is 390. The summed E-state index contributed by atoms with van der Waals surface area (Å²) in [5, 5.41) is 12.0. The van der Waals surface area contributed by atoms with Crippen molar-refractivity contribution >= 4 is 6.21 Å². The second-order valence-corrected chi connectivity index (χ2v) is 5.41. The summed E-state index contributed by atoms with van der Waals surface area (Å²) >= 11 is 0. The minimum atomic E-state index is 0.487. The van der Waals surface area contributed by atoms with Crippen molar-refractivity contribution < 1.29 is 5.21 Å². The van der Waals surface area contributed by atoms with Gasteiger partial charge in [0.15, 0.2) is 0 Å². The third-order valence-electron chi connectivity index (χ3n) is 3.77. The van der Waals surface area contributed by atoms with Crippen LogP contribution in [0, 0.1) is 0 Å². The Morgan fingerprint density at radius 3 is 2.60 bits per heavy atom. The number of unbranched alkanes of at least 4 members (excludes halogenated alkanes) is 4. The lowest BCUT2D eigenvalue weighted by molar-refractivity contribution is 0.321. The minimum absolute atomic E-state index is 0.487. The topological polar surface area (TPSA) is 45.5 Å². The largest absolute Gasteiger partial charge is 0.411 e. The highest BCUT2D eigenvalue weighted by Gasteiger charge is 2.15. The molecule has 0 bridgehead atoms. The van der Waals surface area contributed by atoms with Gasteiger partial charge in [0.1, 0.15) is 0 Å². The van der Waals surface area contributed by atoms with E-state index in [4.69, 9.17) is 5.21 Å². The first-order valence-corrected chi connectivity index (χ1v) is 7.95. The molecule has 1 unspecified atom stereocenters. The van der Waals surface area contributed by atoms with Crippen LogP contribution < -0.4 is 0 Å². The van der Waals surface area contributed by atoms with Crippen LogP contribution in [0.4, 0.5) is 0 Å². The van der Waals surface area contributed by atoms with Gasteiger partial charge in [-0.15, -0.1) is 0 Å². The van der Waals surface area contributed by atoms with Crippen LogP contribution in [-0.4, -0.2) is 16.4 Å². The molecule has 0 aromatic carbocycles.